The lowest BCUT2D eigenvalue weighted by molar-refractivity contribution is 0.100. The molecule has 0 radical (unpaired) electrons. The molecule has 0 aliphatic carbocycles. The first-order chi connectivity index (χ1) is 9.99. The highest BCUT2D eigenvalue weighted by atomic mass is 19.1. The van der Waals surface area contributed by atoms with Crippen LogP contribution in [-0.2, 0) is 0 Å². The first-order valence-corrected chi connectivity index (χ1v) is 6.90. The van der Waals surface area contributed by atoms with Crippen molar-refractivity contribution in [3.05, 3.63) is 65.5 Å². The summed E-state index contributed by atoms with van der Waals surface area (Å²) in [5.41, 5.74) is 6.88. The summed E-state index contributed by atoms with van der Waals surface area (Å²) < 4.78 is 14.0. The number of carbonyl (C=O) groups excluding carboxylic acids is 1. The molecule has 1 unspecified atom stereocenters. The Morgan fingerprint density at radius 2 is 1.81 bits per heavy atom. The van der Waals surface area contributed by atoms with E-state index >= 15 is 0 Å². The van der Waals surface area contributed by atoms with Crippen LogP contribution in [0.4, 0.5) is 10.1 Å². The second-order valence-electron chi connectivity index (χ2n) is 5.34. The van der Waals surface area contributed by atoms with Gasteiger partial charge in [0.25, 0.3) is 0 Å². The fourth-order valence-electron chi connectivity index (χ4n) is 2.25. The molecule has 2 aromatic rings. The van der Waals surface area contributed by atoms with E-state index in [1.807, 2.05) is 30.3 Å². The fraction of sp³-hybridized carbons (Fsp3) is 0.235. The Bertz CT molecular complexity index is 626. The van der Waals surface area contributed by atoms with Gasteiger partial charge in [-0.1, -0.05) is 44.2 Å². The van der Waals surface area contributed by atoms with Gasteiger partial charge in [0.15, 0.2) is 0 Å². The van der Waals surface area contributed by atoms with Crippen LogP contribution in [0.2, 0.25) is 0 Å². The van der Waals surface area contributed by atoms with Gasteiger partial charge in [0, 0.05) is 5.56 Å². The van der Waals surface area contributed by atoms with Crippen molar-refractivity contribution in [1.29, 1.82) is 0 Å². The Labute approximate surface area is 124 Å². The molecule has 1 atom stereocenters. The van der Waals surface area contributed by atoms with E-state index in [1.165, 1.54) is 18.2 Å². The number of nitrogens with two attached hydrogens (primary N) is 1. The molecule has 0 aliphatic rings. The Hall–Kier alpha value is -2.36. The third-order valence-corrected chi connectivity index (χ3v) is 3.39. The van der Waals surface area contributed by atoms with Crippen molar-refractivity contribution in [3.8, 4) is 0 Å². The van der Waals surface area contributed by atoms with Crippen molar-refractivity contribution >= 4 is 11.6 Å². The maximum absolute atomic E-state index is 14.0. The number of hydrogen-bond donors (Lipinski definition) is 2. The lowest BCUT2D eigenvalue weighted by Crippen LogP contribution is -2.18. The number of benzene rings is 2. The quantitative estimate of drug-likeness (QED) is 0.879. The molecule has 2 aromatic carbocycles. The van der Waals surface area contributed by atoms with Crippen LogP contribution in [-0.4, -0.2) is 5.91 Å². The van der Waals surface area contributed by atoms with Crippen LogP contribution in [0.5, 0.6) is 0 Å². The highest BCUT2D eigenvalue weighted by molar-refractivity contribution is 5.93. The van der Waals surface area contributed by atoms with Crippen LogP contribution in [0.15, 0.2) is 48.5 Å². The molecule has 0 saturated heterocycles. The maximum atomic E-state index is 14.0. The Morgan fingerprint density at radius 3 is 2.38 bits per heavy atom. The van der Waals surface area contributed by atoms with Crippen LogP contribution < -0.4 is 11.1 Å². The summed E-state index contributed by atoms with van der Waals surface area (Å²) in [6.07, 6.45) is 0. The minimum absolute atomic E-state index is 0.0520. The summed E-state index contributed by atoms with van der Waals surface area (Å²) in [5, 5.41) is 3.18. The molecule has 3 N–H and O–H groups in total. The van der Waals surface area contributed by atoms with E-state index in [0.29, 0.717) is 0 Å². The molecule has 0 fully saturated rings. The molecular formula is C17H19FN2O. The van der Waals surface area contributed by atoms with Crippen molar-refractivity contribution < 1.29 is 9.18 Å². The van der Waals surface area contributed by atoms with Crippen molar-refractivity contribution in [2.75, 3.05) is 5.32 Å². The first-order valence-electron chi connectivity index (χ1n) is 6.90. The van der Waals surface area contributed by atoms with E-state index in [9.17, 15) is 9.18 Å². The standard InChI is InChI=1S/C17H19FN2O/c1-11(2)16(12-6-4-3-5-7-12)20-15-10-13(17(19)21)8-9-14(15)18/h3-11,16,20H,1-2H3,(H2,19,21). The number of amides is 1. The van der Waals surface area contributed by atoms with E-state index in [-0.39, 0.29) is 23.2 Å². The van der Waals surface area contributed by atoms with Gasteiger partial charge in [-0.25, -0.2) is 4.39 Å². The van der Waals surface area contributed by atoms with E-state index in [4.69, 9.17) is 5.73 Å². The number of primary amides is 1. The van der Waals surface area contributed by atoms with Crippen molar-refractivity contribution in [2.45, 2.75) is 19.9 Å². The van der Waals surface area contributed by atoms with Gasteiger partial charge in [-0.05, 0) is 29.7 Å². The van der Waals surface area contributed by atoms with Gasteiger partial charge in [-0.15, -0.1) is 0 Å². The summed E-state index contributed by atoms with van der Waals surface area (Å²) >= 11 is 0. The topological polar surface area (TPSA) is 55.1 Å². The second-order valence-corrected chi connectivity index (χ2v) is 5.34. The van der Waals surface area contributed by atoms with Crippen LogP contribution in [0.1, 0.15) is 35.8 Å². The van der Waals surface area contributed by atoms with Crippen LogP contribution >= 0.6 is 0 Å². The zero-order chi connectivity index (χ0) is 15.4. The minimum atomic E-state index is -0.571. The zero-order valence-corrected chi connectivity index (χ0v) is 12.1. The van der Waals surface area contributed by atoms with Gasteiger partial charge in [0.05, 0.1) is 11.7 Å². The SMILES string of the molecule is CC(C)C(Nc1cc(C(N)=O)ccc1F)c1ccccc1. The van der Waals surface area contributed by atoms with Crippen LogP contribution in [0.3, 0.4) is 0 Å². The van der Waals surface area contributed by atoms with Gasteiger partial charge in [-0.2, -0.15) is 0 Å². The number of carbonyl (C=O) groups is 1. The molecule has 0 heterocycles. The average molecular weight is 286 g/mol. The van der Waals surface area contributed by atoms with Crippen LogP contribution in [0, 0.1) is 11.7 Å². The minimum Gasteiger partial charge on any atom is -0.376 e. The highest BCUT2D eigenvalue weighted by Crippen LogP contribution is 2.28. The van der Waals surface area contributed by atoms with Crippen molar-refractivity contribution in [2.24, 2.45) is 11.7 Å². The van der Waals surface area contributed by atoms with Crippen LogP contribution in [0.25, 0.3) is 0 Å². The van der Waals surface area contributed by atoms with Gasteiger partial charge < -0.3 is 11.1 Å². The Kier molecular flexibility index (Phi) is 4.58. The fourth-order valence-corrected chi connectivity index (χ4v) is 2.25. The molecular weight excluding hydrogens is 267 g/mol. The molecule has 4 heteroatoms. The predicted molar refractivity (Wildman–Crippen MR) is 82.6 cm³/mol. The molecule has 21 heavy (non-hydrogen) atoms. The Balaban J connectivity index is 2.33. The number of hydrogen-bond acceptors (Lipinski definition) is 2. The maximum Gasteiger partial charge on any atom is 0.248 e. The van der Waals surface area contributed by atoms with Gasteiger partial charge in [0.2, 0.25) is 5.91 Å². The summed E-state index contributed by atoms with van der Waals surface area (Å²) in [6, 6.07) is 13.9. The zero-order valence-electron chi connectivity index (χ0n) is 12.1. The number of halogens is 1. The highest BCUT2D eigenvalue weighted by Gasteiger charge is 2.17. The summed E-state index contributed by atoms with van der Waals surface area (Å²) in [4.78, 5) is 11.2. The first kappa shape index (κ1) is 15.0. The van der Waals surface area contributed by atoms with Crippen molar-refractivity contribution in [1.82, 2.24) is 0 Å². The number of rotatable bonds is 5. The third kappa shape index (κ3) is 3.60. The lowest BCUT2D eigenvalue weighted by Gasteiger charge is -2.24. The van der Waals surface area contributed by atoms with Gasteiger partial charge >= 0.3 is 0 Å². The summed E-state index contributed by atoms with van der Waals surface area (Å²) in [5.74, 6) is -0.718. The van der Waals surface area contributed by atoms with E-state index in [1.54, 1.807) is 0 Å². The Morgan fingerprint density at radius 1 is 1.14 bits per heavy atom. The van der Waals surface area contributed by atoms with Gasteiger partial charge in [0.1, 0.15) is 5.82 Å². The molecule has 3 nitrogen and oxygen atoms in total. The summed E-state index contributed by atoms with van der Waals surface area (Å²) in [7, 11) is 0. The lowest BCUT2D eigenvalue weighted by atomic mass is 9.95. The molecule has 0 bridgehead atoms. The summed E-state index contributed by atoms with van der Waals surface area (Å²) in [6.45, 7) is 4.11. The average Bonchev–Trinajstić information content (AvgIpc) is 2.46. The normalized spacial score (nSPS) is 12.2. The smallest absolute Gasteiger partial charge is 0.248 e. The van der Waals surface area contributed by atoms with Crippen molar-refractivity contribution in [3.63, 3.8) is 0 Å². The molecule has 1 amide bonds. The number of nitrogens with one attached hydrogen (secondary N) is 1. The molecule has 0 aromatic heterocycles. The van der Waals surface area contributed by atoms with E-state index < -0.39 is 11.7 Å². The largest absolute Gasteiger partial charge is 0.376 e. The molecule has 0 aliphatic heterocycles. The van der Waals surface area contributed by atoms with E-state index in [2.05, 4.69) is 19.2 Å². The van der Waals surface area contributed by atoms with E-state index in [0.717, 1.165) is 5.56 Å². The number of anilines is 1. The van der Waals surface area contributed by atoms with Gasteiger partial charge in [-0.3, -0.25) is 4.79 Å². The second kappa shape index (κ2) is 6.39. The molecule has 0 spiro atoms. The molecule has 2 rings (SSSR count). The third-order valence-electron chi connectivity index (χ3n) is 3.39. The molecule has 110 valence electrons. The molecule has 0 saturated carbocycles. The predicted octanol–water partition coefficient (Wildman–Crippen LogP) is 3.73. The monoisotopic (exact) mass is 286 g/mol.